The number of aromatic nitrogens is 3. The van der Waals surface area contributed by atoms with Gasteiger partial charge in [-0.3, -0.25) is 10.1 Å². The lowest BCUT2D eigenvalue weighted by atomic mass is 10.2. The van der Waals surface area contributed by atoms with Gasteiger partial charge in [-0.1, -0.05) is 13.0 Å². The Kier molecular flexibility index (Phi) is 5.14. The largest absolute Gasteiger partial charge is 0.494 e. The average molecular weight is 290 g/mol. The highest BCUT2D eigenvalue weighted by Crippen LogP contribution is 2.15. The zero-order chi connectivity index (χ0) is 15.1. The third kappa shape index (κ3) is 4.20. The maximum atomic E-state index is 12.1. The highest BCUT2D eigenvalue weighted by Gasteiger charge is 2.10. The molecule has 0 saturated carbocycles. The van der Waals surface area contributed by atoms with Crippen molar-refractivity contribution in [3.8, 4) is 11.8 Å². The highest BCUT2D eigenvalue weighted by atomic mass is 16.5. The van der Waals surface area contributed by atoms with E-state index in [0.29, 0.717) is 24.5 Å². The van der Waals surface area contributed by atoms with Gasteiger partial charge in [-0.05, 0) is 31.5 Å². The molecule has 0 saturated heterocycles. The van der Waals surface area contributed by atoms with Crippen LogP contribution in [0.2, 0.25) is 0 Å². The van der Waals surface area contributed by atoms with Gasteiger partial charge < -0.3 is 9.47 Å². The molecule has 21 heavy (non-hydrogen) atoms. The van der Waals surface area contributed by atoms with Crippen LogP contribution < -0.4 is 14.8 Å². The van der Waals surface area contributed by atoms with E-state index in [1.807, 2.05) is 19.9 Å². The molecule has 1 aromatic heterocycles. The number of hydrogen-bond donors (Lipinski definition) is 2. The number of ether oxygens (including phenoxy) is 2. The number of benzene rings is 1. The SMILES string of the molecule is CCCOc1cccc(C(=O)Nc2nc(OCC)n[nH]2)c1. The molecule has 2 rings (SSSR count). The summed E-state index contributed by atoms with van der Waals surface area (Å²) >= 11 is 0. The molecule has 0 aliphatic carbocycles. The van der Waals surface area contributed by atoms with Gasteiger partial charge >= 0.3 is 6.01 Å². The molecule has 0 radical (unpaired) electrons. The van der Waals surface area contributed by atoms with Crippen molar-refractivity contribution in [1.82, 2.24) is 15.2 Å². The molecule has 7 nitrogen and oxygen atoms in total. The fraction of sp³-hybridized carbons (Fsp3) is 0.357. The molecule has 2 aromatic rings. The van der Waals surface area contributed by atoms with E-state index in [4.69, 9.17) is 9.47 Å². The number of nitrogens with zero attached hydrogens (tertiary/aromatic N) is 2. The summed E-state index contributed by atoms with van der Waals surface area (Å²) in [6, 6.07) is 7.17. The van der Waals surface area contributed by atoms with Crippen LogP contribution in [0.1, 0.15) is 30.6 Å². The van der Waals surface area contributed by atoms with Gasteiger partial charge in [0.25, 0.3) is 5.91 Å². The van der Waals surface area contributed by atoms with Crippen molar-refractivity contribution in [3.05, 3.63) is 29.8 Å². The van der Waals surface area contributed by atoms with E-state index in [1.54, 1.807) is 18.2 Å². The number of carbonyl (C=O) groups excluding carboxylic acids is 1. The number of hydrogen-bond acceptors (Lipinski definition) is 5. The van der Waals surface area contributed by atoms with Crippen molar-refractivity contribution < 1.29 is 14.3 Å². The minimum absolute atomic E-state index is 0.202. The number of nitrogens with one attached hydrogen (secondary N) is 2. The lowest BCUT2D eigenvalue weighted by Gasteiger charge is -2.06. The molecule has 0 fully saturated rings. The van der Waals surface area contributed by atoms with Crippen LogP contribution in [0.15, 0.2) is 24.3 Å². The summed E-state index contributed by atoms with van der Waals surface area (Å²) in [5.74, 6) is 0.608. The van der Waals surface area contributed by atoms with Gasteiger partial charge in [0.05, 0.1) is 13.2 Å². The van der Waals surface area contributed by atoms with Crippen molar-refractivity contribution in [2.24, 2.45) is 0 Å². The lowest BCUT2D eigenvalue weighted by molar-refractivity contribution is 0.102. The first-order valence-electron chi connectivity index (χ1n) is 6.82. The maximum Gasteiger partial charge on any atom is 0.337 e. The van der Waals surface area contributed by atoms with Crippen LogP contribution in [-0.4, -0.2) is 34.3 Å². The fourth-order valence-electron chi connectivity index (χ4n) is 1.62. The Balaban J connectivity index is 2.01. The smallest absolute Gasteiger partial charge is 0.337 e. The second-order valence-corrected chi connectivity index (χ2v) is 4.23. The number of anilines is 1. The summed E-state index contributed by atoms with van der Waals surface area (Å²) in [7, 11) is 0. The second-order valence-electron chi connectivity index (χ2n) is 4.23. The number of H-pyrrole nitrogens is 1. The molecule has 0 unspecified atom stereocenters. The molecular formula is C14H18N4O3. The average Bonchev–Trinajstić information content (AvgIpc) is 2.93. The summed E-state index contributed by atoms with van der Waals surface area (Å²) in [5.41, 5.74) is 0.484. The number of aromatic amines is 1. The van der Waals surface area contributed by atoms with Gasteiger partial charge in [0, 0.05) is 5.56 Å². The molecule has 1 heterocycles. The molecular weight excluding hydrogens is 272 g/mol. The van der Waals surface area contributed by atoms with Gasteiger partial charge in [0.1, 0.15) is 5.75 Å². The number of amides is 1. The monoisotopic (exact) mass is 290 g/mol. The third-order valence-electron chi connectivity index (χ3n) is 2.54. The Labute approximate surface area is 122 Å². The Hall–Kier alpha value is -2.57. The highest BCUT2D eigenvalue weighted by molar-refractivity contribution is 6.03. The molecule has 112 valence electrons. The van der Waals surface area contributed by atoms with Gasteiger partial charge in [-0.15, -0.1) is 5.10 Å². The van der Waals surface area contributed by atoms with Crippen LogP contribution in [0.5, 0.6) is 11.8 Å². The Morgan fingerprint density at radius 1 is 1.33 bits per heavy atom. The van der Waals surface area contributed by atoms with Crippen LogP contribution >= 0.6 is 0 Å². The molecule has 1 amide bonds. The van der Waals surface area contributed by atoms with Crippen molar-refractivity contribution in [1.29, 1.82) is 0 Å². The van der Waals surface area contributed by atoms with Crippen LogP contribution in [0, 0.1) is 0 Å². The van der Waals surface area contributed by atoms with E-state index in [9.17, 15) is 4.79 Å². The van der Waals surface area contributed by atoms with E-state index in [-0.39, 0.29) is 17.9 Å². The second kappa shape index (κ2) is 7.28. The zero-order valence-corrected chi connectivity index (χ0v) is 12.0. The van der Waals surface area contributed by atoms with Crippen molar-refractivity contribution in [2.75, 3.05) is 18.5 Å². The predicted octanol–water partition coefficient (Wildman–Crippen LogP) is 2.24. The summed E-state index contributed by atoms with van der Waals surface area (Å²) in [5, 5.41) is 9.02. The zero-order valence-electron chi connectivity index (χ0n) is 12.0. The Bertz CT molecular complexity index is 597. The maximum absolute atomic E-state index is 12.1. The number of carbonyl (C=O) groups is 1. The van der Waals surface area contributed by atoms with Gasteiger partial charge in [0.2, 0.25) is 5.95 Å². The summed E-state index contributed by atoms with van der Waals surface area (Å²) in [6.07, 6.45) is 0.911. The van der Waals surface area contributed by atoms with E-state index >= 15 is 0 Å². The first-order chi connectivity index (χ1) is 10.2. The molecule has 1 aromatic carbocycles. The van der Waals surface area contributed by atoms with E-state index < -0.39 is 0 Å². The fourth-order valence-corrected chi connectivity index (χ4v) is 1.62. The van der Waals surface area contributed by atoms with Gasteiger partial charge in [-0.25, -0.2) is 5.10 Å². The van der Waals surface area contributed by atoms with Crippen LogP contribution in [0.25, 0.3) is 0 Å². The molecule has 0 spiro atoms. The summed E-state index contributed by atoms with van der Waals surface area (Å²) in [4.78, 5) is 16.1. The normalized spacial score (nSPS) is 10.2. The van der Waals surface area contributed by atoms with Crippen molar-refractivity contribution in [2.45, 2.75) is 20.3 Å². The first kappa shape index (κ1) is 14.8. The van der Waals surface area contributed by atoms with Crippen molar-refractivity contribution in [3.63, 3.8) is 0 Å². The molecule has 2 N–H and O–H groups in total. The molecule has 0 aliphatic heterocycles. The molecule has 0 atom stereocenters. The lowest BCUT2D eigenvalue weighted by Crippen LogP contribution is -2.13. The quantitative estimate of drug-likeness (QED) is 0.816. The van der Waals surface area contributed by atoms with Crippen LogP contribution in [-0.2, 0) is 0 Å². The standard InChI is InChI=1S/C14H18N4O3/c1-3-8-21-11-7-5-6-10(9-11)12(19)15-13-16-14(18-17-13)20-4-2/h5-7,9H,3-4,8H2,1-2H3,(H2,15,16,17,18,19). The van der Waals surface area contributed by atoms with Crippen LogP contribution in [0.3, 0.4) is 0 Å². The molecule has 0 aliphatic rings. The minimum atomic E-state index is -0.295. The van der Waals surface area contributed by atoms with E-state index in [1.165, 1.54) is 0 Å². The Morgan fingerprint density at radius 3 is 2.95 bits per heavy atom. The van der Waals surface area contributed by atoms with E-state index in [0.717, 1.165) is 6.42 Å². The summed E-state index contributed by atoms with van der Waals surface area (Å²) in [6.45, 7) is 4.93. The Morgan fingerprint density at radius 2 is 2.19 bits per heavy atom. The third-order valence-corrected chi connectivity index (χ3v) is 2.54. The van der Waals surface area contributed by atoms with Gasteiger partial charge in [-0.2, -0.15) is 4.98 Å². The molecule has 7 heteroatoms. The summed E-state index contributed by atoms with van der Waals surface area (Å²) < 4.78 is 10.6. The predicted molar refractivity (Wildman–Crippen MR) is 77.7 cm³/mol. The van der Waals surface area contributed by atoms with Gasteiger partial charge in [0.15, 0.2) is 0 Å². The first-order valence-corrected chi connectivity index (χ1v) is 6.82. The topological polar surface area (TPSA) is 89.1 Å². The number of rotatable bonds is 7. The van der Waals surface area contributed by atoms with Crippen LogP contribution in [0.4, 0.5) is 5.95 Å². The van der Waals surface area contributed by atoms with E-state index in [2.05, 4.69) is 20.5 Å². The minimum Gasteiger partial charge on any atom is -0.494 e. The van der Waals surface area contributed by atoms with Crippen molar-refractivity contribution >= 4 is 11.9 Å². The molecule has 0 bridgehead atoms.